The average Bonchev–Trinajstić information content (AvgIpc) is 2.15. The fourth-order valence-electron chi connectivity index (χ4n) is 1.59. The molecular formula is C13H20N2O. The molecule has 1 aliphatic heterocycles. The number of rotatable bonds is 3. The van der Waals surface area contributed by atoms with Gasteiger partial charge in [-0.05, 0) is 12.1 Å². The van der Waals surface area contributed by atoms with Crippen LogP contribution in [0, 0.1) is 5.92 Å². The first-order chi connectivity index (χ1) is 7.55. The van der Waals surface area contributed by atoms with Crippen LogP contribution in [-0.4, -0.2) is 24.7 Å². The van der Waals surface area contributed by atoms with Crippen molar-refractivity contribution in [2.24, 2.45) is 5.92 Å². The monoisotopic (exact) mass is 220 g/mol. The summed E-state index contributed by atoms with van der Waals surface area (Å²) >= 11 is 0. The Hall–Kier alpha value is -1.09. The van der Waals surface area contributed by atoms with E-state index in [0.717, 1.165) is 31.1 Å². The summed E-state index contributed by atoms with van der Waals surface area (Å²) in [5.74, 6) is 1.54. The molecule has 1 fully saturated rings. The molecule has 1 N–H and O–H groups in total. The van der Waals surface area contributed by atoms with Crippen LogP contribution < -0.4 is 10.1 Å². The predicted molar refractivity (Wildman–Crippen MR) is 64.8 cm³/mol. The number of nitrogens with zero attached hydrogens (tertiary/aromatic N) is 1. The molecule has 0 bridgehead atoms. The molecule has 0 saturated carbocycles. The first-order valence-electron chi connectivity index (χ1n) is 5.86. The van der Waals surface area contributed by atoms with Crippen LogP contribution in [0.3, 0.4) is 0 Å². The van der Waals surface area contributed by atoms with Crippen LogP contribution in [0.4, 0.5) is 0 Å². The van der Waals surface area contributed by atoms with Crippen LogP contribution in [0.5, 0.6) is 5.75 Å². The zero-order valence-electron chi connectivity index (χ0n) is 10.3. The number of aromatic nitrogens is 1. The summed E-state index contributed by atoms with van der Waals surface area (Å²) in [6.07, 6.45) is 1.83. The molecule has 0 aromatic carbocycles. The van der Waals surface area contributed by atoms with Crippen molar-refractivity contribution in [2.75, 3.05) is 19.7 Å². The Morgan fingerprint density at radius 3 is 2.56 bits per heavy atom. The van der Waals surface area contributed by atoms with E-state index in [2.05, 4.69) is 31.1 Å². The molecule has 0 radical (unpaired) electrons. The van der Waals surface area contributed by atoms with Crippen LogP contribution in [0.15, 0.2) is 18.3 Å². The first kappa shape index (κ1) is 11.4. The first-order valence-corrected chi connectivity index (χ1v) is 5.86. The number of hydrogen-bond acceptors (Lipinski definition) is 3. The molecule has 0 amide bonds. The van der Waals surface area contributed by atoms with Crippen LogP contribution in [0.1, 0.15) is 26.5 Å². The summed E-state index contributed by atoms with van der Waals surface area (Å²) in [6.45, 7) is 9.44. The van der Waals surface area contributed by atoms with Gasteiger partial charge in [-0.2, -0.15) is 0 Å². The molecule has 0 aliphatic carbocycles. The van der Waals surface area contributed by atoms with Crippen molar-refractivity contribution in [3.8, 4) is 5.75 Å². The fraction of sp³-hybridized carbons (Fsp3) is 0.615. The van der Waals surface area contributed by atoms with Crippen LogP contribution in [0.25, 0.3) is 0 Å². The summed E-state index contributed by atoms with van der Waals surface area (Å²) < 4.78 is 5.68. The Kier molecular flexibility index (Phi) is 3.15. The minimum Gasteiger partial charge on any atom is -0.492 e. The molecule has 1 saturated heterocycles. The molecule has 0 atom stereocenters. The fourth-order valence-corrected chi connectivity index (χ4v) is 1.59. The van der Waals surface area contributed by atoms with Gasteiger partial charge in [0.2, 0.25) is 0 Å². The highest BCUT2D eigenvalue weighted by molar-refractivity contribution is 5.23. The average molecular weight is 220 g/mol. The Morgan fingerprint density at radius 2 is 2.12 bits per heavy atom. The zero-order valence-corrected chi connectivity index (χ0v) is 10.3. The van der Waals surface area contributed by atoms with Gasteiger partial charge in [-0.1, -0.05) is 20.8 Å². The van der Waals surface area contributed by atoms with Gasteiger partial charge in [0, 0.05) is 30.1 Å². The second kappa shape index (κ2) is 4.42. The van der Waals surface area contributed by atoms with Crippen molar-refractivity contribution in [1.82, 2.24) is 10.3 Å². The molecule has 1 aromatic rings. The van der Waals surface area contributed by atoms with E-state index >= 15 is 0 Å². The van der Waals surface area contributed by atoms with Crippen LogP contribution in [0.2, 0.25) is 0 Å². The Labute approximate surface area is 97.2 Å². The summed E-state index contributed by atoms with van der Waals surface area (Å²) in [5.41, 5.74) is 1.21. The highest BCUT2D eigenvalue weighted by Gasteiger charge is 2.18. The van der Waals surface area contributed by atoms with Gasteiger partial charge < -0.3 is 10.1 Å². The minimum absolute atomic E-state index is 0.108. The van der Waals surface area contributed by atoms with Crippen LogP contribution >= 0.6 is 0 Å². The van der Waals surface area contributed by atoms with Gasteiger partial charge in [0.05, 0.1) is 12.8 Å². The normalized spacial score (nSPS) is 16.9. The quantitative estimate of drug-likeness (QED) is 0.845. The van der Waals surface area contributed by atoms with Gasteiger partial charge >= 0.3 is 0 Å². The second-order valence-corrected chi connectivity index (χ2v) is 5.46. The van der Waals surface area contributed by atoms with E-state index in [1.54, 1.807) is 0 Å². The molecule has 2 rings (SSSR count). The topological polar surface area (TPSA) is 34.1 Å². The van der Waals surface area contributed by atoms with Crippen molar-refractivity contribution in [1.29, 1.82) is 0 Å². The van der Waals surface area contributed by atoms with Gasteiger partial charge in [-0.25, -0.2) is 0 Å². The van der Waals surface area contributed by atoms with E-state index in [4.69, 9.17) is 4.74 Å². The number of hydrogen-bond donors (Lipinski definition) is 1. The number of ether oxygens (including phenoxy) is 1. The molecule has 3 heteroatoms. The van der Waals surface area contributed by atoms with E-state index in [1.165, 1.54) is 0 Å². The summed E-state index contributed by atoms with van der Waals surface area (Å²) in [5, 5.41) is 3.23. The van der Waals surface area contributed by atoms with Crippen molar-refractivity contribution in [3.63, 3.8) is 0 Å². The lowest BCUT2D eigenvalue weighted by Gasteiger charge is -2.26. The summed E-state index contributed by atoms with van der Waals surface area (Å²) in [7, 11) is 0. The lowest BCUT2D eigenvalue weighted by Crippen LogP contribution is -2.45. The molecule has 1 aliphatic rings. The lowest BCUT2D eigenvalue weighted by atomic mass is 9.92. The standard InChI is InChI=1S/C13H20N2O/c1-13(2,3)12-5-4-11(8-15-12)16-9-10-6-14-7-10/h4-5,8,10,14H,6-7,9H2,1-3H3. The third kappa shape index (κ3) is 2.73. The minimum atomic E-state index is 0.108. The molecule has 0 spiro atoms. The maximum Gasteiger partial charge on any atom is 0.137 e. The molecule has 1 aromatic heterocycles. The second-order valence-electron chi connectivity index (χ2n) is 5.46. The van der Waals surface area contributed by atoms with E-state index in [0.29, 0.717) is 5.92 Å². The van der Waals surface area contributed by atoms with E-state index in [1.807, 2.05) is 18.3 Å². The van der Waals surface area contributed by atoms with Gasteiger partial charge in [0.25, 0.3) is 0 Å². The highest BCUT2D eigenvalue weighted by atomic mass is 16.5. The molecular weight excluding hydrogens is 200 g/mol. The molecule has 88 valence electrons. The van der Waals surface area contributed by atoms with Gasteiger partial charge in [-0.15, -0.1) is 0 Å². The third-order valence-corrected chi connectivity index (χ3v) is 2.86. The molecule has 0 unspecified atom stereocenters. The van der Waals surface area contributed by atoms with E-state index in [-0.39, 0.29) is 5.41 Å². The largest absolute Gasteiger partial charge is 0.492 e. The van der Waals surface area contributed by atoms with Crippen molar-refractivity contribution < 1.29 is 4.74 Å². The molecule has 16 heavy (non-hydrogen) atoms. The van der Waals surface area contributed by atoms with Gasteiger partial charge in [-0.3, -0.25) is 4.98 Å². The van der Waals surface area contributed by atoms with Crippen molar-refractivity contribution >= 4 is 0 Å². The molecule has 3 nitrogen and oxygen atoms in total. The van der Waals surface area contributed by atoms with Crippen LogP contribution in [-0.2, 0) is 5.41 Å². The predicted octanol–water partition coefficient (Wildman–Crippen LogP) is 1.98. The van der Waals surface area contributed by atoms with Gasteiger partial charge in [0.15, 0.2) is 0 Å². The number of pyridine rings is 1. The van der Waals surface area contributed by atoms with Crippen molar-refractivity contribution in [3.05, 3.63) is 24.0 Å². The SMILES string of the molecule is CC(C)(C)c1ccc(OCC2CNC2)cn1. The van der Waals surface area contributed by atoms with E-state index < -0.39 is 0 Å². The third-order valence-electron chi connectivity index (χ3n) is 2.86. The van der Waals surface area contributed by atoms with Crippen molar-refractivity contribution in [2.45, 2.75) is 26.2 Å². The maximum absolute atomic E-state index is 5.68. The summed E-state index contributed by atoms with van der Waals surface area (Å²) in [6, 6.07) is 4.06. The number of nitrogens with one attached hydrogen (secondary N) is 1. The maximum atomic E-state index is 5.68. The molecule has 2 heterocycles. The lowest BCUT2D eigenvalue weighted by molar-refractivity contribution is 0.198. The summed E-state index contributed by atoms with van der Waals surface area (Å²) in [4.78, 5) is 4.43. The smallest absolute Gasteiger partial charge is 0.137 e. The Bertz CT molecular complexity index is 336. The zero-order chi connectivity index (χ0) is 11.6. The van der Waals surface area contributed by atoms with Gasteiger partial charge in [0.1, 0.15) is 5.75 Å². The van der Waals surface area contributed by atoms with E-state index in [9.17, 15) is 0 Å². The Balaban J connectivity index is 1.91. The Morgan fingerprint density at radius 1 is 1.38 bits per heavy atom. The highest BCUT2D eigenvalue weighted by Crippen LogP contribution is 2.21.